The number of para-hydroxylation sites is 1. The normalized spacial score (nSPS) is 23.5. The van der Waals surface area contributed by atoms with E-state index in [0.717, 1.165) is 64.0 Å². The Morgan fingerprint density at radius 2 is 1.90 bits per heavy atom. The van der Waals surface area contributed by atoms with Crippen LogP contribution in [-0.4, -0.2) is 66.2 Å². The summed E-state index contributed by atoms with van der Waals surface area (Å²) in [5, 5.41) is 0. The molecule has 2 atom stereocenters. The highest BCUT2D eigenvalue weighted by molar-refractivity contribution is 5.97. The summed E-state index contributed by atoms with van der Waals surface area (Å²) in [5.41, 5.74) is 1.72. The van der Waals surface area contributed by atoms with Crippen LogP contribution < -0.4 is 4.74 Å². The second kappa shape index (κ2) is 10.7. The van der Waals surface area contributed by atoms with E-state index in [1.165, 1.54) is 0 Å². The van der Waals surface area contributed by atoms with E-state index in [1.54, 1.807) is 7.11 Å². The molecule has 0 saturated carbocycles. The lowest BCUT2D eigenvalue weighted by atomic mass is 9.93. The van der Waals surface area contributed by atoms with Gasteiger partial charge >= 0.3 is 0 Å². The van der Waals surface area contributed by atoms with Gasteiger partial charge in [-0.2, -0.15) is 0 Å². The van der Waals surface area contributed by atoms with E-state index in [-0.39, 0.29) is 18.1 Å². The van der Waals surface area contributed by atoms with Crippen LogP contribution in [0.25, 0.3) is 0 Å². The molecule has 1 amide bonds. The summed E-state index contributed by atoms with van der Waals surface area (Å²) in [5.74, 6) is 0.731. The summed E-state index contributed by atoms with van der Waals surface area (Å²) < 4.78 is 11.9. The number of piperidine rings is 1. The van der Waals surface area contributed by atoms with Gasteiger partial charge in [0, 0.05) is 32.9 Å². The monoisotopic (exact) mass is 423 g/mol. The fourth-order valence-corrected chi connectivity index (χ4v) is 4.78. The van der Waals surface area contributed by atoms with Crippen molar-refractivity contribution in [2.24, 2.45) is 0 Å². The van der Waals surface area contributed by atoms with Gasteiger partial charge in [0.2, 0.25) is 0 Å². The van der Waals surface area contributed by atoms with Gasteiger partial charge in [-0.3, -0.25) is 14.7 Å². The number of hydrogen-bond acceptors (Lipinski definition) is 5. The molecule has 31 heavy (non-hydrogen) atoms. The largest absolute Gasteiger partial charge is 0.491 e. The molecule has 3 heterocycles. The number of ether oxygens (including phenoxy) is 2. The SMILES string of the molecule is CO[C@@H]1CCCN2C(=O)c3ccccc3OCCN(Cc3ccccn3)CCCC[C@H]12. The molecule has 166 valence electrons. The number of aromatic nitrogens is 1. The number of hydrogen-bond donors (Lipinski definition) is 0. The molecule has 6 heteroatoms. The molecule has 1 fully saturated rings. The predicted molar refractivity (Wildman–Crippen MR) is 120 cm³/mol. The van der Waals surface area contributed by atoms with Crippen molar-refractivity contribution in [1.82, 2.24) is 14.8 Å². The lowest BCUT2D eigenvalue weighted by Crippen LogP contribution is -2.51. The third-order valence-electron chi connectivity index (χ3n) is 6.40. The van der Waals surface area contributed by atoms with E-state index in [2.05, 4.69) is 16.0 Å². The van der Waals surface area contributed by atoms with Crippen molar-refractivity contribution in [2.75, 3.05) is 33.4 Å². The van der Waals surface area contributed by atoms with Crippen molar-refractivity contribution in [3.8, 4) is 5.75 Å². The van der Waals surface area contributed by atoms with Crippen LogP contribution in [0.4, 0.5) is 0 Å². The average molecular weight is 424 g/mol. The maximum absolute atomic E-state index is 13.5. The Kier molecular flexibility index (Phi) is 7.54. The zero-order chi connectivity index (χ0) is 21.5. The van der Waals surface area contributed by atoms with E-state index < -0.39 is 0 Å². The lowest BCUT2D eigenvalue weighted by Gasteiger charge is -2.41. The first-order valence-corrected chi connectivity index (χ1v) is 11.4. The minimum absolute atomic E-state index is 0.0620. The Balaban J connectivity index is 1.56. The van der Waals surface area contributed by atoms with E-state index in [1.807, 2.05) is 47.5 Å². The number of carbonyl (C=O) groups excluding carboxylic acids is 1. The Labute approximate surface area is 185 Å². The molecule has 0 N–H and O–H groups in total. The average Bonchev–Trinajstić information content (AvgIpc) is 2.82. The molecule has 0 radical (unpaired) electrons. The quantitative estimate of drug-likeness (QED) is 0.752. The minimum Gasteiger partial charge on any atom is -0.491 e. The molecule has 2 aliphatic heterocycles. The lowest BCUT2D eigenvalue weighted by molar-refractivity contribution is -0.0155. The molecule has 1 aromatic carbocycles. The number of amides is 1. The smallest absolute Gasteiger partial charge is 0.257 e. The van der Waals surface area contributed by atoms with Crippen molar-refractivity contribution < 1.29 is 14.3 Å². The van der Waals surface area contributed by atoms with Crippen LogP contribution in [0.5, 0.6) is 5.75 Å². The molecular formula is C25H33N3O3. The molecule has 6 nitrogen and oxygen atoms in total. The summed E-state index contributed by atoms with van der Waals surface area (Å²) in [6.07, 6.45) is 7.03. The Morgan fingerprint density at radius 1 is 1.03 bits per heavy atom. The summed E-state index contributed by atoms with van der Waals surface area (Å²) in [6, 6.07) is 13.8. The zero-order valence-electron chi connectivity index (χ0n) is 18.4. The molecule has 0 bridgehead atoms. The number of methoxy groups -OCH3 is 1. The summed E-state index contributed by atoms with van der Waals surface area (Å²) in [7, 11) is 1.77. The standard InChI is InChI=1S/C25H33N3O3/c1-30-24-13-8-16-28-22(24)11-5-7-15-27(19-20-9-4-6-14-26-20)17-18-31-23-12-3-2-10-21(23)25(28)29/h2-4,6,9-10,12,14,22,24H,5,7-8,11,13,15-19H2,1H3/t22-,24-/m1/s1. The van der Waals surface area contributed by atoms with E-state index in [9.17, 15) is 4.79 Å². The molecule has 2 aliphatic rings. The van der Waals surface area contributed by atoms with Crippen LogP contribution in [0.2, 0.25) is 0 Å². The first-order valence-electron chi connectivity index (χ1n) is 11.4. The van der Waals surface area contributed by atoms with Gasteiger partial charge in [-0.25, -0.2) is 0 Å². The Hall–Kier alpha value is -2.44. The first kappa shape index (κ1) is 21.8. The summed E-state index contributed by atoms with van der Waals surface area (Å²) in [4.78, 5) is 22.4. The van der Waals surface area contributed by atoms with Crippen LogP contribution in [-0.2, 0) is 11.3 Å². The first-order chi connectivity index (χ1) is 15.3. The van der Waals surface area contributed by atoms with Crippen molar-refractivity contribution >= 4 is 5.91 Å². The molecule has 0 unspecified atom stereocenters. The van der Waals surface area contributed by atoms with Gasteiger partial charge in [0.25, 0.3) is 5.91 Å². The second-order valence-electron chi connectivity index (χ2n) is 8.42. The minimum atomic E-state index is 0.0620. The third-order valence-corrected chi connectivity index (χ3v) is 6.40. The van der Waals surface area contributed by atoms with E-state index >= 15 is 0 Å². The Morgan fingerprint density at radius 3 is 2.74 bits per heavy atom. The van der Waals surface area contributed by atoms with Gasteiger partial charge in [0.15, 0.2) is 0 Å². The van der Waals surface area contributed by atoms with Gasteiger partial charge in [-0.05, 0) is 56.5 Å². The highest BCUT2D eigenvalue weighted by Crippen LogP contribution is 2.29. The molecule has 1 aromatic heterocycles. The van der Waals surface area contributed by atoms with Gasteiger partial charge in [-0.15, -0.1) is 0 Å². The number of benzene rings is 1. The van der Waals surface area contributed by atoms with E-state index in [4.69, 9.17) is 9.47 Å². The van der Waals surface area contributed by atoms with Gasteiger partial charge < -0.3 is 14.4 Å². The topological polar surface area (TPSA) is 54.9 Å². The zero-order valence-corrected chi connectivity index (χ0v) is 18.4. The number of rotatable bonds is 3. The fraction of sp³-hybridized carbons (Fsp3) is 0.520. The molecule has 1 saturated heterocycles. The maximum atomic E-state index is 13.5. The van der Waals surface area contributed by atoms with Crippen LogP contribution in [0.3, 0.4) is 0 Å². The van der Waals surface area contributed by atoms with Crippen LogP contribution in [0, 0.1) is 0 Å². The van der Waals surface area contributed by atoms with Gasteiger partial charge in [0.05, 0.1) is 23.4 Å². The summed E-state index contributed by atoms with van der Waals surface area (Å²) >= 11 is 0. The third kappa shape index (κ3) is 5.43. The van der Waals surface area contributed by atoms with Crippen molar-refractivity contribution in [3.63, 3.8) is 0 Å². The van der Waals surface area contributed by atoms with Crippen molar-refractivity contribution in [2.45, 2.75) is 50.8 Å². The molecule has 0 spiro atoms. The maximum Gasteiger partial charge on any atom is 0.257 e. The number of fused-ring (bicyclic) bond motifs is 2. The number of carbonyl (C=O) groups is 1. The molecule has 0 aliphatic carbocycles. The molecule has 2 aromatic rings. The molecule has 4 rings (SSSR count). The van der Waals surface area contributed by atoms with E-state index in [0.29, 0.717) is 17.9 Å². The fourth-order valence-electron chi connectivity index (χ4n) is 4.78. The van der Waals surface area contributed by atoms with Crippen molar-refractivity contribution in [3.05, 3.63) is 59.9 Å². The van der Waals surface area contributed by atoms with Crippen LogP contribution >= 0.6 is 0 Å². The second-order valence-corrected chi connectivity index (χ2v) is 8.42. The molecular weight excluding hydrogens is 390 g/mol. The highest BCUT2D eigenvalue weighted by Gasteiger charge is 2.35. The van der Waals surface area contributed by atoms with Gasteiger partial charge in [0.1, 0.15) is 12.4 Å². The predicted octanol–water partition coefficient (Wildman–Crippen LogP) is 3.77. The van der Waals surface area contributed by atoms with Crippen molar-refractivity contribution in [1.29, 1.82) is 0 Å². The number of nitrogens with zero attached hydrogens (tertiary/aromatic N) is 3. The number of pyridine rings is 1. The highest BCUT2D eigenvalue weighted by atomic mass is 16.5. The van der Waals surface area contributed by atoms with Gasteiger partial charge in [-0.1, -0.05) is 24.6 Å². The van der Waals surface area contributed by atoms with Crippen LogP contribution in [0.15, 0.2) is 48.7 Å². The summed E-state index contributed by atoms with van der Waals surface area (Å²) in [6.45, 7) is 3.92. The Bertz CT molecular complexity index is 845. The van der Waals surface area contributed by atoms with Crippen LogP contribution in [0.1, 0.15) is 48.2 Å².